The van der Waals surface area contributed by atoms with E-state index in [0.717, 1.165) is 36.9 Å². The zero-order chi connectivity index (χ0) is 15.4. The average molecular weight is 355 g/mol. The zero-order valence-electron chi connectivity index (χ0n) is 12.9. The second kappa shape index (κ2) is 7.27. The average Bonchev–Trinajstić information content (AvgIpc) is 2.46. The van der Waals surface area contributed by atoms with E-state index in [1.54, 1.807) is 7.11 Å². The Morgan fingerprint density at radius 1 is 1.38 bits per heavy atom. The first-order valence-electron chi connectivity index (χ1n) is 7.28. The van der Waals surface area contributed by atoms with Crippen LogP contribution >= 0.6 is 15.9 Å². The van der Waals surface area contributed by atoms with Crippen molar-refractivity contribution in [1.29, 1.82) is 0 Å². The molecule has 1 aliphatic rings. The number of carbonyl (C=O) groups is 1. The molecule has 0 unspecified atom stereocenters. The molecule has 1 aromatic carbocycles. The lowest BCUT2D eigenvalue weighted by atomic mass is 9.96. The van der Waals surface area contributed by atoms with Crippen molar-refractivity contribution in [3.63, 3.8) is 0 Å². The highest BCUT2D eigenvalue weighted by atomic mass is 79.9. The predicted octanol–water partition coefficient (Wildman–Crippen LogP) is 2.87. The van der Waals surface area contributed by atoms with E-state index in [-0.39, 0.29) is 5.91 Å². The zero-order valence-corrected chi connectivity index (χ0v) is 14.5. The number of likely N-dealkylation sites (tertiary alicyclic amines) is 1. The first-order valence-corrected chi connectivity index (χ1v) is 8.08. The fraction of sp³-hybridized carbons (Fsp3) is 0.562. The van der Waals surface area contributed by atoms with Crippen molar-refractivity contribution >= 4 is 21.8 Å². The van der Waals surface area contributed by atoms with Crippen LogP contribution < -0.4 is 4.74 Å². The molecule has 0 N–H and O–H groups in total. The van der Waals surface area contributed by atoms with Gasteiger partial charge < -0.3 is 14.5 Å². The lowest BCUT2D eigenvalue weighted by Crippen LogP contribution is -2.40. The lowest BCUT2D eigenvalue weighted by Gasteiger charge is -2.33. The van der Waals surface area contributed by atoms with Crippen molar-refractivity contribution in [3.8, 4) is 5.75 Å². The van der Waals surface area contributed by atoms with Gasteiger partial charge in [0.05, 0.1) is 12.7 Å². The van der Waals surface area contributed by atoms with Crippen LogP contribution in [0.5, 0.6) is 5.75 Å². The molecule has 116 valence electrons. The van der Waals surface area contributed by atoms with E-state index in [9.17, 15) is 4.79 Å². The Balaban J connectivity index is 2.02. The largest absolute Gasteiger partial charge is 0.496 e. The summed E-state index contributed by atoms with van der Waals surface area (Å²) in [6.07, 6.45) is 2.14. The smallest absolute Gasteiger partial charge is 0.257 e. The molecule has 5 heteroatoms. The van der Waals surface area contributed by atoms with Gasteiger partial charge in [0.15, 0.2) is 0 Å². The number of hydrogen-bond acceptors (Lipinski definition) is 3. The van der Waals surface area contributed by atoms with Gasteiger partial charge in [-0.2, -0.15) is 0 Å². The number of ether oxygens (including phenoxy) is 1. The molecule has 0 aromatic heterocycles. The van der Waals surface area contributed by atoms with Crippen LogP contribution in [0.1, 0.15) is 23.2 Å². The highest BCUT2D eigenvalue weighted by Gasteiger charge is 2.25. The molecule has 4 nitrogen and oxygen atoms in total. The van der Waals surface area contributed by atoms with Crippen LogP contribution in [-0.4, -0.2) is 56.5 Å². The van der Waals surface area contributed by atoms with Crippen molar-refractivity contribution in [2.75, 3.05) is 40.8 Å². The van der Waals surface area contributed by atoms with E-state index < -0.39 is 0 Å². The molecule has 0 saturated carbocycles. The van der Waals surface area contributed by atoms with Crippen LogP contribution in [-0.2, 0) is 0 Å². The summed E-state index contributed by atoms with van der Waals surface area (Å²) in [5, 5.41) is 0. The fourth-order valence-corrected chi connectivity index (χ4v) is 3.19. The number of piperidine rings is 1. The molecule has 0 bridgehead atoms. The summed E-state index contributed by atoms with van der Waals surface area (Å²) in [6, 6.07) is 5.55. The van der Waals surface area contributed by atoms with Crippen LogP contribution in [0.4, 0.5) is 0 Å². The number of halogens is 1. The molecule has 0 atom stereocenters. The molecule has 0 radical (unpaired) electrons. The Morgan fingerprint density at radius 3 is 2.62 bits per heavy atom. The van der Waals surface area contributed by atoms with Gasteiger partial charge in [-0.05, 0) is 51.1 Å². The summed E-state index contributed by atoms with van der Waals surface area (Å²) in [5.41, 5.74) is 0.645. The molecule has 1 fully saturated rings. The van der Waals surface area contributed by atoms with E-state index in [1.165, 1.54) is 0 Å². The minimum Gasteiger partial charge on any atom is -0.496 e. The number of carbonyl (C=O) groups excluding carboxylic acids is 1. The van der Waals surface area contributed by atoms with Crippen molar-refractivity contribution in [1.82, 2.24) is 9.80 Å². The Kier molecular flexibility index (Phi) is 5.65. The maximum Gasteiger partial charge on any atom is 0.257 e. The third kappa shape index (κ3) is 4.20. The van der Waals surface area contributed by atoms with Crippen molar-refractivity contribution in [3.05, 3.63) is 28.2 Å². The maximum absolute atomic E-state index is 12.6. The lowest BCUT2D eigenvalue weighted by molar-refractivity contribution is 0.0674. The van der Waals surface area contributed by atoms with Crippen molar-refractivity contribution in [2.45, 2.75) is 12.8 Å². The number of methoxy groups -OCH3 is 1. The SMILES string of the molecule is COc1cc(Br)ccc1C(=O)N1CCC(CN(C)C)CC1. The third-order valence-electron chi connectivity index (χ3n) is 3.92. The first-order chi connectivity index (χ1) is 10.0. The highest BCUT2D eigenvalue weighted by molar-refractivity contribution is 9.10. The Labute approximate surface area is 135 Å². The summed E-state index contributed by atoms with van der Waals surface area (Å²) >= 11 is 3.40. The number of amides is 1. The van der Waals surface area contributed by atoms with Crippen LogP contribution in [0.25, 0.3) is 0 Å². The summed E-state index contributed by atoms with van der Waals surface area (Å²) < 4.78 is 6.24. The van der Waals surface area contributed by atoms with Gasteiger partial charge in [0.1, 0.15) is 5.75 Å². The van der Waals surface area contributed by atoms with Crippen molar-refractivity contribution in [2.24, 2.45) is 5.92 Å². The van der Waals surface area contributed by atoms with Crippen molar-refractivity contribution < 1.29 is 9.53 Å². The van der Waals surface area contributed by atoms with E-state index >= 15 is 0 Å². The van der Waals surface area contributed by atoms with E-state index in [4.69, 9.17) is 4.74 Å². The molecule has 0 aliphatic carbocycles. The van der Waals surface area contributed by atoms with E-state index in [1.807, 2.05) is 23.1 Å². The van der Waals surface area contributed by atoms with Gasteiger partial charge in [0, 0.05) is 24.1 Å². The predicted molar refractivity (Wildman–Crippen MR) is 87.9 cm³/mol. The molecular weight excluding hydrogens is 332 g/mol. The molecular formula is C16H23BrN2O2. The summed E-state index contributed by atoms with van der Waals surface area (Å²) in [5.74, 6) is 1.39. The quantitative estimate of drug-likeness (QED) is 0.833. The molecule has 1 amide bonds. The number of hydrogen-bond donors (Lipinski definition) is 0. The molecule has 1 aromatic rings. The van der Waals surface area contributed by atoms with Gasteiger partial charge in [0.2, 0.25) is 0 Å². The van der Waals surface area contributed by atoms with Crippen LogP contribution in [0, 0.1) is 5.92 Å². The van der Waals surface area contributed by atoms with E-state index in [2.05, 4.69) is 34.9 Å². The van der Waals surface area contributed by atoms with Crippen LogP contribution in [0.2, 0.25) is 0 Å². The van der Waals surface area contributed by atoms with Gasteiger partial charge in [-0.3, -0.25) is 4.79 Å². The molecule has 1 aliphatic heterocycles. The molecule has 0 spiro atoms. The number of nitrogens with zero attached hydrogens (tertiary/aromatic N) is 2. The Morgan fingerprint density at radius 2 is 2.05 bits per heavy atom. The van der Waals surface area contributed by atoms with Gasteiger partial charge in [-0.1, -0.05) is 15.9 Å². The molecule has 1 saturated heterocycles. The third-order valence-corrected chi connectivity index (χ3v) is 4.41. The first kappa shape index (κ1) is 16.3. The summed E-state index contributed by atoms with van der Waals surface area (Å²) in [6.45, 7) is 2.76. The summed E-state index contributed by atoms with van der Waals surface area (Å²) in [7, 11) is 5.80. The van der Waals surface area contributed by atoms with E-state index in [0.29, 0.717) is 17.2 Å². The number of benzene rings is 1. The minimum absolute atomic E-state index is 0.0719. The molecule has 2 rings (SSSR count). The van der Waals surface area contributed by atoms with Crippen LogP contribution in [0.3, 0.4) is 0 Å². The van der Waals surface area contributed by atoms with Gasteiger partial charge in [-0.15, -0.1) is 0 Å². The Bertz CT molecular complexity index is 497. The molecule has 21 heavy (non-hydrogen) atoms. The second-order valence-corrected chi connectivity index (χ2v) is 6.76. The number of rotatable bonds is 4. The standard InChI is InChI=1S/C16H23BrN2O2/c1-18(2)11-12-6-8-19(9-7-12)16(20)14-5-4-13(17)10-15(14)21-3/h4-5,10,12H,6-9,11H2,1-3H3. The highest BCUT2D eigenvalue weighted by Crippen LogP contribution is 2.26. The van der Waals surface area contributed by atoms with Crippen LogP contribution in [0.15, 0.2) is 22.7 Å². The fourth-order valence-electron chi connectivity index (χ4n) is 2.85. The monoisotopic (exact) mass is 354 g/mol. The topological polar surface area (TPSA) is 32.8 Å². The maximum atomic E-state index is 12.6. The Hall–Kier alpha value is -1.07. The minimum atomic E-state index is 0.0719. The van der Waals surface area contributed by atoms with Gasteiger partial charge in [0.25, 0.3) is 5.91 Å². The normalized spacial score (nSPS) is 16.3. The summed E-state index contributed by atoms with van der Waals surface area (Å²) in [4.78, 5) is 16.8. The molecule has 1 heterocycles. The second-order valence-electron chi connectivity index (χ2n) is 5.84. The van der Waals surface area contributed by atoms with Gasteiger partial charge in [-0.25, -0.2) is 0 Å². The van der Waals surface area contributed by atoms with Gasteiger partial charge >= 0.3 is 0 Å².